The van der Waals surface area contributed by atoms with Gasteiger partial charge in [-0.15, -0.1) is 10.0 Å². The number of fused-ring (bicyclic) bond motifs is 7. The Morgan fingerprint density at radius 1 is 0.844 bits per heavy atom. The predicted octanol–water partition coefficient (Wildman–Crippen LogP) is 6.14. The number of nitrogens with zero attached hydrogens (tertiary/aromatic N) is 2. The minimum Gasteiger partial charge on any atom is -0.254 e. The molecule has 32 heavy (non-hydrogen) atoms. The maximum Gasteiger partial charge on any atom is 0.103 e. The van der Waals surface area contributed by atoms with Crippen molar-refractivity contribution in [2.45, 2.75) is 21.6 Å². The summed E-state index contributed by atoms with van der Waals surface area (Å²) in [5, 5.41) is 1.94. The van der Waals surface area contributed by atoms with Crippen LogP contribution in [0.25, 0.3) is 24.3 Å². The highest BCUT2D eigenvalue weighted by molar-refractivity contribution is 8.38. The van der Waals surface area contributed by atoms with E-state index < -0.39 is 10.0 Å². The van der Waals surface area contributed by atoms with Crippen molar-refractivity contribution in [3.05, 3.63) is 119 Å². The number of allylic oxidation sites excluding steroid dienone is 2. The molecule has 0 N–H and O–H groups in total. The van der Waals surface area contributed by atoms with Crippen molar-refractivity contribution in [3.63, 3.8) is 0 Å². The van der Waals surface area contributed by atoms with Gasteiger partial charge in [0.05, 0.1) is 0 Å². The Morgan fingerprint density at radius 2 is 1.59 bits per heavy atom. The van der Waals surface area contributed by atoms with E-state index in [1.807, 2.05) is 30.5 Å². The molecule has 2 aromatic carbocycles. The first-order valence-corrected chi connectivity index (χ1v) is 12.2. The summed E-state index contributed by atoms with van der Waals surface area (Å²) < 4.78 is 0. The van der Waals surface area contributed by atoms with Crippen LogP contribution in [-0.2, 0) is 0 Å². The predicted molar refractivity (Wildman–Crippen MR) is 137 cm³/mol. The van der Waals surface area contributed by atoms with E-state index in [9.17, 15) is 0 Å². The summed E-state index contributed by atoms with van der Waals surface area (Å²) in [5.74, 6) is 0. The smallest absolute Gasteiger partial charge is 0.103 e. The Balaban J connectivity index is 2.09. The van der Waals surface area contributed by atoms with Gasteiger partial charge in [0.1, 0.15) is 11.4 Å². The lowest BCUT2D eigenvalue weighted by molar-refractivity contribution is 1.20. The molecule has 2 aliphatic heterocycles. The molecule has 3 heteroatoms. The molecule has 0 bridgehead atoms. The molecule has 1 spiro atoms. The second-order valence-electron chi connectivity index (χ2n) is 7.66. The highest BCUT2D eigenvalue weighted by atomic mass is 32.3. The van der Waals surface area contributed by atoms with E-state index in [1.54, 1.807) is 6.20 Å². The molecule has 3 heterocycles. The molecule has 0 radical (unpaired) electrons. The zero-order valence-corrected chi connectivity index (χ0v) is 18.9. The lowest BCUT2D eigenvalue weighted by Crippen LogP contribution is -2.04. The molecule has 0 aliphatic carbocycles. The molecule has 2 aliphatic rings. The first-order valence-electron chi connectivity index (χ1n) is 10.5. The Labute approximate surface area is 190 Å². The highest BCUT2D eigenvalue weighted by Gasteiger charge is 2.50. The van der Waals surface area contributed by atoms with Crippen LogP contribution in [0.5, 0.6) is 0 Å². The molecule has 3 aromatic rings. The average molecular weight is 433 g/mol. The van der Waals surface area contributed by atoms with Gasteiger partial charge in [-0.2, -0.15) is 0 Å². The fourth-order valence-corrected chi connectivity index (χ4v) is 9.27. The monoisotopic (exact) mass is 432 g/mol. The Morgan fingerprint density at radius 3 is 2.41 bits per heavy atom. The van der Waals surface area contributed by atoms with Crippen LogP contribution >= 0.6 is 10.0 Å². The van der Waals surface area contributed by atoms with Gasteiger partial charge in [0.25, 0.3) is 0 Å². The summed E-state index contributed by atoms with van der Waals surface area (Å²) in [6, 6.07) is 25.4. The van der Waals surface area contributed by atoms with Crippen LogP contribution in [-0.4, -0.2) is 10.7 Å². The number of aromatic nitrogens is 1. The molecule has 1 aromatic heterocycles. The third-order valence-electron chi connectivity index (χ3n) is 5.92. The summed E-state index contributed by atoms with van der Waals surface area (Å²) in [6.07, 6.45) is 5.66. The maximum absolute atomic E-state index is 4.79. The van der Waals surface area contributed by atoms with Crippen LogP contribution in [0.15, 0.2) is 122 Å². The molecule has 0 amide bonds. The number of benzene rings is 1. The molecule has 1 unspecified atom stereocenters. The number of aliphatic imine (C=N–C) groups is 1. The minimum atomic E-state index is -1.78. The van der Waals surface area contributed by atoms with Crippen LogP contribution < -0.4 is 10.4 Å². The average Bonchev–Trinajstić information content (AvgIpc) is 3.26. The van der Waals surface area contributed by atoms with Crippen molar-refractivity contribution in [2.75, 3.05) is 0 Å². The van der Waals surface area contributed by atoms with Gasteiger partial charge < -0.3 is 0 Å². The Hall–Kier alpha value is -3.69. The lowest BCUT2D eigenvalue weighted by Gasteiger charge is -2.35. The molecule has 156 valence electrons. The van der Waals surface area contributed by atoms with E-state index in [-0.39, 0.29) is 0 Å². The standard InChI is InChI=1S/C29H24N2S/c1-5-23-28(30-6-2)29-26(16-11-19-31-29)32(23)24-15-10-9-14-22(24)27-21(4)13-8-7-12-20(3)17-18-25(27)32/h5-19H,2-4H2,1H3/b12-7?,13-8?,18-17?,23-5+,30-28?. The zero-order chi connectivity index (χ0) is 22.3. The van der Waals surface area contributed by atoms with E-state index in [0.717, 1.165) is 21.8 Å². The lowest BCUT2D eigenvalue weighted by atomic mass is 10.1. The largest absolute Gasteiger partial charge is 0.254 e. The van der Waals surface area contributed by atoms with Gasteiger partial charge in [0, 0.05) is 37.6 Å². The van der Waals surface area contributed by atoms with Crippen molar-refractivity contribution in [3.8, 4) is 11.1 Å². The van der Waals surface area contributed by atoms with E-state index in [2.05, 4.69) is 81.3 Å². The van der Waals surface area contributed by atoms with E-state index in [1.165, 1.54) is 30.7 Å². The van der Waals surface area contributed by atoms with Crippen LogP contribution in [0, 0.1) is 0 Å². The first kappa shape index (κ1) is 20.2. The summed E-state index contributed by atoms with van der Waals surface area (Å²) in [5.41, 5.74) is 4.24. The summed E-state index contributed by atoms with van der Waals surface area (Å²) in [6.45, 7) is 14.6. The normalized spacial score (nSPS) is 22.0. The molecule has 0 saturated heterocycles. The van der Waals surface area contributed by atoms with Crippen molar-refractivity contribution >= 4 is 28.9 Å². The molecule has 0 fully saturated rings. The molecular weight excluding hydrogens is 408 g/mol. The van der Waals surface area contributed by atoms with Gasteiger partial charge in [-0.3, -0.25) is 9.98 Å². The van der Waals surface area contributed by atoms with Gasteiger partial charge in [0.2, 0.25) is 0 Å². The fourth-order valence-electron chi connectivity index (χ4n) is 4.73. The van der Waals surface area contributed by atoms with Gasteiger partial charge in [-0.05, 0) is 47.2 Å². The quantitative estimate of drug-likeness (QED) is 0.453. The zero-order valence-electron chi connectivity index (χ0n) is 18.1. The topological polar surface area (TPSA) is 25.2 Å². The number of rotatable bonds is 1. The summed E-state index contributed by atoms with van der Waals surface area (Å²) in [7, 11) is -1.78. The third kappa shape index (κ3) is 2.68. The molecule has 2 nitrogen and oxygen atoms in total. The third-order valence-corrected chi connectivity index (χ3v) is 10.0. The number of hydrogen-bond donors (Lipinski definition) is 0. The first-order chi connectivity index (χ1) is 15.6. The van der Waals surface area contributed by atoms with Crippen LogP contribution in [0.1, 0.15) is 12.6 Å². The summed E-state index contributed by atoms with van der Waals surface area (Å²) >= 11 is 0. The van der Waals surface area contributed by atoms with Crippen LogP contribution in [0.3, 0.4) is 0 Å². The van der Waals surface area contributed by atoms with Crippen LogP contribution in [0.4, 0.5) is 0 Å². The second-order valence-corrected chi connectivity index (χ2v) is 10.6. The SMILES string of the molecule is C=CN=C1/C(=C\C)S2(c3ccccc3-c3c2ccc(=C)ccccc3=C)c2cccnc21. The minimum absolute atomic E-state index is 0.905. The molecule has 0 saturated carbocycles. The van der Waals surface area contributed by atoms with E-state index in [0.29, 0.717) is 0 Å². The van der Waals surface area contributed by atoms with Crippen molar-refractivity contribution in [1.29, 1.82) is 0 Å². The van der Waals surface area contributed by atoms with Crippen LogP contribution in [0.2, 0.25) is 0 Å². The maximum atomic E-state index is 4.79. The molecule has 1 atom stereocenters. The molecule has 5 rings (SSSR count). The van der Waals surface area contributed by atoms with Gasteiger partial charge >= 0.3 is 0 Å². The number of pyridine rings is 1. The number of hydrogen-bond acceptors (Lipinski definition) is 2. The summed E-state index contributed by atoms with van der Waals surface area (Å²) in [4.78, 5) is 14.5. The van der Waals surface area contributed by atoms with Gasteiger partial charge in [0.15, 0.2) is 0 Å². The highest BCUT2D eigenvalue weighted by Crippen LogP contribution is 2.82. The van der Waals surface area contributed by atoms with Gasteiger partial charge in [-0.25, -0.2) is 0 Å². The fraction of sp³-hybridized carbons (Fsp3) is 0.0345. The Bertz CT molecular complexity index is 1500. The molecular formula is C29H24N2S. The second kappa shape index (κ2) is 7.77. The van der Waals surface area contributed by atoms with Crippen molar-refractivity contribution < 1.29 is 0 Å². The van der Waals surface area contributed by atoms with Crippen molar-refractivity contribution in [2.24, 2.45) is 4.99 Å². The van der Waals surface area contributed by atoms with E-state index >= 15 is 0 Å². The Kier molecular flexibility index (Phi) is 4.91. The van der Waals surface area contributed by atoms with Crippen molar-refractivity contribution in [1.82, 2.24) is 4.98 Å². The van der Waals surface area contributed by atoms with Gasteiger partial charge in [-0.1, -0.05) is 74.3 Å². The van der Waals surface area contributed by atoms with E-state index in [4.69, 9.17) is 9.98 Å².